The lowest BCUT2D eigenvalue weighted by Gasteiger charge is -2.24. The molecule has 0 N–H and O–H groups in total. The molecular formula is C26H29NO7S. The molecule has 0 radical (unpaired) electrons. The fourth-order valence-corrected chi connectivity index (χ4v) is 4.46. The fourth-order valence-electron chi connectivity index (χ4n) is 3.34. The maximum atomic E-state index is 12.9. The lowest BCUT2D eigenvalue weighted by atomic mass is 10.1. The van der Waals surface area contributed by atoms with E-state index in [1.54, 1.807) is 55.3 Å². The Labute approximate surface area is 205 Å². The minimum Gasteiger partial charge on any atom is -0.467 e. The summed E-state index contributed by atoms with van der Waals surface area (Å²) < 4.78 is 41.7. The van der Waals surface area contributed by atoms with Gasteiger partial charge in [0.05, 0.1) is 24.5 Å². The normalized spacial score (nSPS) is 11.5. The lowest BCUT2D eigenvalue weighted by Crippen LogP contribution is -2.33. The third-order valence-corrected chi connectivity index (χ3v) is 6.26. The van der Waals surface area contributed by atoms with Crippen LogP contribution < -0.4 is 4.18 Å². The van der Waals surface area contributed by atoms with Gasteiger partial charge in [0, 0.05) is 12.5 Å². The second-order valence-corrected chi connectivity index (χ2v) is 10.1. The van der Waals surface area contributed by atoms with E-state index in [-0.39, 0.29) is 28.0 Å². The van der Waals surface area contributed by atoms with Crippen molar-refractivity contribution in [2.75, 3.05) is 0 Å². The van der Waals surface area contributed by atoms with E-state index >= 15 is 0 Å². The van der Waals surface area contributed by atoms with E-state index in [1.165, 1.54) is 30.3 Å². The number of benzene rings is 2. The molecule has 0 spiro atoms. The average molecular weight is 500 g/mol. The zero-order valence-corrected chi connectivity index (χ0v) is 20.9. The molecule has 9 heteroatoms. The largest absolute Gasteiger partial charge is 0.467 e. The number of nitrogens with zero attached hydrogens (tertiary/aromatic N) is 1. The first-order valence-corrected chi connectivity index (χ1v) is 12.6. The first kappa shape index (κ1) is 26.0. The molecule has 3 rings (SSSR count). The van der Waals surface area contributed by atoms with Crippen LogP contribution in [0.3, 0.4) is 0 Å². The van der Waals surface area contributed by atoms with Crippen LogP contribution in [0.15, 0.2) is 76.2 Å². The van der Waals surface area contributed by atoms with Crippen molar-refractivity contribution in [2.24, 2.45) is 5.92 Å². The highest BCUT2D eigenvalue weighted by molar-refractivity contribution is 7.87. The van der Waals surface area contributed by atoms with Crippen LogP contribution in [0.4, 0.5) is 0 Å². The van der Waals surface area contributed by atoms with Gasteiger partial charge in [0.1, 0.15) is 16.4 Å². The SMILES string of the molecule is CC(C)OC(=O)c1ccccc1S(=O)(=O)Oc1ccc(CN(Cc2ccco2)C(=O)C(C)C)cc1. The molecule has 0 unspecified atom stereocenters. The van der Waals surface area contributed by atoms with Crippen molar-refractivity contribution >= 4 is 22.0 Å². The van der Waals surface area contributed by atoms with Gasteiger partial charge in [-0.15, -0.1) is 0 Å². The molecule has 186 valence electrons. The summed E-state index contributed by atoms with van der Waals surface area (Å²) >= 11 is 0. The minimum absolute atomic E-state index is 0.0332. The number of carbonyl (C=O) groups excluding carboxylic acids is 2. The van der Waals surface area contributed by atoms with E-state index in [0.29, 0.717) is 18.8 Å². The summed E-state index contributed by atoms with van der Waals surface area (Å²) in [6.45, 7) is 7.64. The van der Waals surface area contributed by atoms with Crippen LogP contribution in [-0.4, -0.2) is 31.3 Å². The Morgan fingerprint density at radius 1 is 0.914 bits per heavy atom. The Morgan fingerprint density at radius 2 is 1.60 bits per heavy atom. The van der Waals surface area contributed by atoms with Crippen LogP contribution in [0.25, 0.3) is 0 Å². The predicted molar refractivity (Wildman–Crippen MR) is 129 cm³/mol. The van der Waals surface area contributed by atoms with Crippen LogP contribution in [0.2, 0.25) is 0 Å². The Bertz CT molecular complexity index is 1250. The number of hydrogen-bond acceptors (Lipinski definition) is 7. The molecule has 1 aromatic heterocycles. The van der Waals surface area contributed by atoms with Gasteiger partial charge in [-0.3, -0.25) is 4.79 Å². The zero-order chi connectivity index (χ0) is 25.6. The maximum absolute atomic E-state index is 12.9. The summed E-state index contributed by atoms with van der Waals surface area (Å²) in [6, 6.07) is 15.7. The lowest BCUT2D eigenvalue weighted by molar-refractivity contribution is -0.136. The Morgan fingerprint density at radius 3 is 2.20 bits per heavy atom. The van der Waals surface area contributed by atoms with Crippen LogP contribution in [0.1, 0.15) is 49.4 Å². The summed E-state index contributed by atoms with van der Waals surface area (Å²) in [5.41, 5.74) is 0.690. The highest BCUT2D eigenvalue weighted by Gasteiger charge is 2.26. The zero-order valence-electron chi connectivity index (χ0n) is 20.1. The topological polar surface area (TPSA) is 103 Å². The van der Waals surface area contributed by atoms with Gasteiger partial charge in [0.15, 0.2) is 0 Å². The number of esters is 1. The van der Waals surface area contributed by atoms with Gasteiger partial charge in [-0.05, 0) is 55.8 Å². The van der Waals surface area contributed by atoms with Crippen molar-refractivity contribution in [3.63, 3.8) is 0 Å². The number of rotatable bonds is 10. The van der Waals surface area contributed by atoms with E-state index in [9.17, 15) is 18.0 Å². The molecule has 8 nitrogen and oxygen atoms in total. The second-order valence-electron chi connectivity index (χ2n) is 8.56. The third kappa shape index (κ3) is 6.95. The van der Waals surface area contributed by atoms with Crippen molar-refractivity contribution < 1.29 is 31.3 Å². The van der Waals surface area contributed by atoms with Crippen molar-refractivity contribution in [3.05, 3.63) is 83.8 Å². The molecule has 0 bridgehead atoms. The number of hydrogen-bond donors (Lipinski definition) is 0. The molecule has 1 heterocycles. The van der Waals surface area contributed by atoms with Crippen LogP contribution in [0.5, 0.6) is 5.75 Å². The van der Waals surface area contributed by atoms with Gasteiger partial charge in [0.25, 0.3) is 0 Å². The quantitative estimate of drug-likeness (QED) is 0.292. The van der Waals surface area contributed by atoms with Crippen LogP contribution in [-0.2, 0) is 32.7 Å². The van der Waals surface area contributed by atoms with Gasteiger partial charge in [0.2, 0.25) is 5.91 Å². The monoisotopic (exact) mass is 499 g/mol. The van der Waals surface area contributed by atoms with Crippen molar-refractivity contribution in [3.8, 4) is 5.75 Å². The molecule has 0 aliphatic heterocycles. The molecule has 0 aliphatic rings. The first-order valence-electron chi connectivity index (χ1n) is 11.2. The third-order valence-electron chi connectivity index (χ3n) is 4.95. The number of ether oxygens (including phenoxy) is 1. The average Bonchev–Trinajstić information content (AvgIpc) is 3.32. The number of carbonyl (C=O) groups is 2. The minimum atomic E-state index is -4.30. The van der Waals surface area contributed by atoms with Crippen molar-refractivity contribution in [2.45, 2.75) is 51.8 Å². The van der Waals surface area contributed by atoms with E-state index in [1.807, 2.05) is 13.8 Å². The van der Waals surface area contributed by atoms with Gasteiger partial charge in [-0.1, -0.05) is 38.1 Å². The van der Waals surface area contributed by atoms with Crippen LogP contribution in [0, 0.1) is 5.92 Å². The van der Waals surface area contributed by atoms with Crippen LogP contribution >= 0.6 is 0 Å². The standard InChI is InChI=1S/C26H29NO7S/c1-18(2)25(28)27(17-22-8-7-15-32-22)16-20-11-13-21(14-12-20)34-35(30,31)24-10-6-5-9-23(24)26(29)33-19(3)4/h5-15,18-19H,16-17H2,1-4H3. The molecule has 0 fully saturated rings. The molecule has 0 saturated heterocycles. The fraction of sp³-hybridized carbons (Fsp3) is 0.308. The molecule has 1 amide bonds. The van der Waals surface area contributed by atoms with Crippen molar-refractivity contribution in [1.29, 1.82) is 0 Å². The summed E-state index contributed by atoms with van der Waals surface area (Å²) in [5.74, 6) is -0.229. The Kier molecular flexibility index (Phi) is 8.34. The van der Waals surface area contributed by atoms with E-state index in [2.05, 4.69) is 0 Å². The summed E-state index contributed by atoms with van der Waals surface area (Å²) in [6.07, 6.45) is 1.15. The van der Waals surface area contributed by atoms with E-state index < -0.39 is 22.2 Å². The first-order chi connectivity index (χ1) is 16.6. The molecular weight excluding hydrogens is 470 g/mol. The van der Waals surface area contributed by atoms with Gasteiger partial charge in [-0.2, -0.15) is 8.42 Å². The summed E-state index contributed by atoms with van der Waals surface area (Å²) in [4.78, 5) is 26.4. The number of furan rings is 1. The predicted octanol–water partition coefficient (Wildman–Crippen LogP) is 4.80. The molecule has 3 aromatic rings. The molecule has 2 aromatic carbocycles. The Balaban J connectivity index is 1.76. The highest BCUT2D eigenvalue weighted by Crippen LogP contribution is 2.24. The Hall–Kier alpha value is -3.59. The van der Waals surface area contributed by atoms with E-state index in [4.69, 9.17) is 13.3 Å². The molecule has 35 heavy (non-hydrogen) atoms. The maximum Gasteiger partial charge on any atom is 0.340 e. The highest BCUT2D eigenvalue weighted by atomic mass is 32.2. The molecule has 0 saturated carbocycles. The van der Waals surface area contributed by atoms with E-state index in [0.717, 1.165) is 5.56 Å². The molecule has 0 aliphatic carbocycles. The molecule has 0 atom stereocenters. The summed E-state index contributed by atoms with van der Waals surface area (Å²) in [5, 5.41) is 0. The summed E-state index contributed by atoms with van der Waals surface area (Å²) in [7, 11) is -4.30. The van der Waals surface area contributed by atoms with Gasteiger partial charge >= 0.3 is 16.1 Å². The smallest absolute Gasteiger partial charge is 0.340 e. The van der Waals surface area contributed by atoms with Gasteiger partial charge < -0.3 is 18.2 Å². The number of amides is 1. The van der Waals surface area contributed by atoms with Gasteiger partial charge in [-0.25, -0.2) is 4.79 Å². The van der Waals surface area contributed by atoms with Crippen molar-refractivity contribution in [1.82, 2.24) is 4.90 Å². The second kappa shape index (κ2) is 11.2.